The third-order valence-corrected chi connectivity index (χ3v) is 4.51. The lowest BCUT2D eigenvalue weighted by molar-refractivity contribution is 0.209. The molecule has 0 unspecified atom stereocenters. The van der Waals surface area contributed by atoms with Crippen LogP contribution in [0.15, 0.2) is 30.3 Å². The van der Waals surface area contributed by atoms with E-state index in [2.05, 4.69) is 49.3 Å². The van der Waals surface area contributed by atoms with Crippen molar-refractivity contribution < 1.29 is 0 Å². The highest BCUT2D eigenvalue weighted by Crippen LogP contribution is 2.43. The Kier molecular flexibility index (Phi) is 4.80. The zero-order valence-electron chi connectivity index (χ0n) is 12.8. The molecule has 1 saturated carbocycles. The molecule has 3 nitrogen and oxygen atoms in total. The largest absolute Gasteiger partial charge is 0.313 e. The number of nitriles is 1. The van der Waals surface area contributed by atoms with Crippen molar-refractivity contribution in [3.63, 3.8) is 0 Å². The number of nitrogens with zero attached hydrogens (tertiary/aromatic N) is 2. The maximum Gasteiger partial charge on any atom is 0.0852 e. The van der Waals surface area contributed by atoms with Crippen LogP contribution in [-0.2, 0) is 5.41 Å². The van der Waals surface area contributed by atoms with Gasteiger partial charge in [-0.05, 0) is 39.3 Å². The second-order valence-corrected chi connectivity index (χ2v) is 6.19. The summed E-state index contributed by atoms with van der Waals surface area (Å²) >= 11 is 0. The van der Waals surface area contributed by atoms with Gasteiger partial charge >= 0.3 is 0 Å². The summed E-state index contributed by atoms with van der Waals surface area (Å²) in [5, 5.41) is 13.1. The van der Waals surface area contributed by atoms with Gasteiger partial charge in [-0.2, -0.15) is 5.26 Å². The van der Waals surface area contributed by atoms with Crippen LogP contribution in [0.2, 0.25) is 0 Å². The van der Waals surface area contributed by atoms with Gasteiger partial charge in [0.2, 0.25) is 0 Å². The fourth-order valence-corrected chi connectivity index (χ4v) is 2.78. The molecular formula is C17H25N3. The minimum Gasteiger partial charge on any atom is -0.313 e. The molecule has 108 valence electrons. The Morgan fingerprint density at radius 1 is 1.35 bits per heavy atom. The lowest BCUT2D eigenvalue weighted by Gasteiger charge is -2.43. The molecule has 0 radical (unpaired) electrons. The summed E-state index contributed by atoms with van der Waals surface area (Å²) in [4.78, 5) is 2.33. The van der Waals surface area contributed by atoms with Crippen molar-refractivity contribution in [1.29, 1.82) is 5.26 Å². The van der Waals surface area contributed by atoms with E-state index in [0.717, 1.165) is 25.9 Å². The maximum atomic E-state index is 9.51. The van der Waals surface area contributed by atoms with E-state index >= 15 is 0 Å². The molecule has 20 heavy (non-hydrogen) atoms. The molecule has 1 aromatic carbocycles. The number of rotatable bonds is 6. The summed E-state index contributed by atoms with van der Waals surface area (Å²) < 4.78 is 0. The number of nitrogens with one attached hydrogen (secondary N) is 1. The van der Waals surface area contributed by atoms with Crippen LogP contribution in [0.1, 0.15) is 32.3 Å². The van der Waals surface area contributed by atoms with Crippen LogP contribution in [0.3, 0.4) is 0 Å². The Hall–Kier alpha value is -1.37. The standard InChI is InChI=1S/C17H25N3/c1-14(2)20(3)10-9-19-16-11-17(12-16,13-18)15-7-5-4-6-8-15/h4-8,14,16,19H,9-12H2,1-3H3. The predicted octanol–water partition coefficient (Wildman–Crippen LogP) is 2.54. The van der Waals surface area contributed by atoms with Crippen LogP contribution in [-0.4, -0.2) is 37.1 Å². The minimum atomic E-state index is -0.261. The first-order chi connectivity index (χ1) is 9.57. The molecule has 1 fully saturated rings. The Morgan fingerprint density at radius 3 is 2.55 bits per heavy atom. The molecule has 1 aliphatic carbocycles. The van der Waals surface area contributed by atoms with E-state index < -0.39 is 0 Å². The van der Waals surface area contributed by atoms with Crippen LogP contribution in [0, 0.1) is 11.3 Å². The van der Waals surface area contributed by atoms with Crippen molar-refractivity contribution in [1.82, 2.24) is 10.2 Å². The smallest absolute Gasteiger partial charge is 0.0852 e. The second-order valence-electron chi connectivity index (χ2n) is 6.19. The van der Waals surface area contributed by atoms with E-state index in [0.29, 0.717) is 12.1 Å². The van der Waals surface area contributed by atoms with Crippen LogP contribution >= 0.6 is 0 Å². The van der Waals surface area contributed by atoms with E-state index in [-0.39, 0.29) is 5.41 Å². The normalized spacial score (nSPS) is 25.5. The molecule has 0 bridgehead atoms. The number of likely N-dealkylation sites (N-methyl/N-ethyl adjacent to an activating group) is 1. The molecule has 1 aromatic rings. The highest BCUT2D eigenvalue weighted by Gasteiger charge is 2.45. The monoisotopic (exact) mass is 271 g/mol. The quantitative estimate of drug-likeness (QED) is 0.864. The Morgan fingerprint density at radius 2 is 2.00 bits per heavy atom. The maximum absolute atomic E-state index is 9.51. The molecule has 2 rings (SSSR count). The lowest BCUT2D eigenvalue weighted by Crippen LogP contribution is -2.52. The summed E-state index contributed by atoms with van der Waals surface area (Å²) in [6, 6.07) is 13.8. The zero-order chi connectivity index (χ0) is 14.6. The van der Waals surface area contributed by atoms with Crippen molar-refractivity contribution in [2.45, 2.75) is 44.2 Å². The van der Waals surface area contributed by atoms with Crippen LogP contribution in [0.5, 0.6) is 0 Å². The molecule has 0 saturated heterocycles. The minimum absolute atomic E-state index is 0.261. The number of hydrogen-bond acceptors (Lipinski definition) is 3. The van der Waals surface area contributed by atoms with Crippen molar-refractivity contribution in [3.05, 3.63) is 35.9 Å². The molecule has 3 heteroatoms. The molecule has 1 N–H and O–H groups in total. The van der Waals surface area contributed by atoms with Gasteiger partial charge in [0.05, 0.1) is 11.5 Å². The van der Waals surface area contributed by atoms with Crippen molar-refractivity contribution in [3.8, 4) is 6.07 Å². The van der Waals surface area contributed by atoms with E-state index in [4.69, 9.17) is 0 Å². The Labute approximate surface area is 122 Å². The first-order valence-electron chi connectivity index (χ1n) is 7.48. The Bertz CT molecular complexity index is 455. The third kappa shape index (κ3) is 3.20. The highest BCUT2D eigenvalue weighted by molar-refractivity contribution is 5.36. The molecule has 0 aliphatic heterocycles. The van der Waals surface area contributed by atoms with Crippen molar-refractivity contribution in [2.75, 3.05) is 20.1 Å². The topological polar surface area (TPSA) is 39.1 Å². The summed E-state index contributed by atoms with van der Waals surface area (Å²) in [5.74, 6) is 0. The molecule has 0 spiro atoms. The first kappa shape index (κ1) is 15.0. The third-order valence-electron chi connectivity index (χ3n) is 4.51. The Balaban J connectivity index is 1.80. The van der Waals surface area contributed by atoms with E-state index in [1.807, 2.05) is 18.2 Å². The summed E-state index contributed by atoms with van der Waals surface area (Å²) in [7, 11) is 2.15. The highest BCUT2D eigenvalue weighted by atomic mass is 15.1. The van der Waals surface area contributed by atoms with Gasteiger partial charge in [-0.15, -0.1) is 0 Å². The first-order valence-corrected chi connectivity index (χ1v) is 7.48. The molecule has 1 aliphatic rings. The van der Waals surface area contributed by atoms with Gasteiger partial charge in [0, 0.05) is 25.2 Å². The molecule has 0 amide bonds. The molecular weight excluding hydrogens is 246 g/mol. The van der Waals surface area contributed by atoms with Crippen molar-refractivity contribution in [2.24, 2.45) is 0 Å². The average molecular weight is 271 g/mol. The second kappa shape index (κ2) is 6.39. The number of hydrogen-bond donors (Lipinski definition) is 1. The van der Waals surface area contributed by atoms with Gasteiger partial charge in [-0.25, -0.2) is 0 Å². The van der Waals surface area contributed by atoms with Gasteiger partial charge in [0.1, 0.15) is 0 Å². The average Bonchev–Trinajstić information content (AvgIpc) is 2.42. The van der Waals surface area contributed by atoms with Gasteiger partial charge in [0.25, 0.3) is 0 Å². The van der Waals surface area contributed by atoms with Gasteiger partial charge in [-0.3, -0.25) is 0 Å². The predicted molar refractivity (Wildman–Crippen MR) is 82.5 cm³/mol. The molecule has 0 heterocycles. The fraction of sp³-hybridized carbons (Fsp3) is 0.588. The van der Waals surface area contributed by atoms with Crippen molar-refractivity contribution >= 4 is 0 Å². The molecule has 0 atom stereocenters. The van der Waals surface area contributed by atoms with Gasteiger partial charge in [-0.1, -0.05) is 30.3 Å². The fourth-order valence-electron chi connectivity index (χ4n) is 2.78. The van der Waals surface area contributed by atoms with E-state index in [1.165, 1.54) is 5.56 Å². The van der Waals surface area contributed by atoms with E-state index in [1.54, 1.807) is 0 Å². The van der Waals surface area contributed by atoms with Gasteiger partial charge < -0.3 is 10.2 Å². The summed E-state index contributed by atoms with van der Waals surface area (Å²) in [6.07, 6.45) is 1.86. The van der Waals surface area contributed by atoms with Gasteiger partial charge in [0.15, 0.2) is 0 Å². The summed E-state index contributed by atoms with van der Waals surface area (Å²) in [5.41, 5.74) is 0.905. The molecule has 0 aromatic heterocycles. The SMILES string of the molecule is CC(C)N(C)CCNC1CC(C#N)(c2ccccc2)C1. The number of benzene rings is 1. The van der Waals surface area contributed by atoms with Crippen LogP contribution < -0.4 is 5.32 Å². The lowest BCUT2D eigenvalue weighted by atomic mass is 9.62. The summed E-state index contributed by atoms with van der Waals surface area (Å²) in [6.45, 7) is 6.47. The zero-order valence-corrected chi connectivity index (χ0v) is 12.8. The van der Waals surface area contributed by atoms with Crippen LogP contribution in [0.4, 0.5) is 0 Å². The van der Waals surface area contributed by atoms with E-state index in [9.17, 15) is 5.26 Å². The van der Waals surface area contributed by atoms with Crippen LogP contribution in [0.25, 0.3) is 0 Å².